The molecule has 2 unspecified atom stereocenters. The molecule has 2 fully saturated rings. The van der Waals surface area contributed by atoms with Gasteiger partial charge in [-0.3, -0.25) is 4.90 Å². The summed E-state index contributed by atoms with van der Waals surface area (Å²) in [5.41, 5.74) is 0.958. The zero-order valence-corrected chi connectivity index (χ0v) is 17.6. The van der Waals surface area contributed by atoms with Gasteiger partial charge in [0.05, 0.1) is 0 Å². The average Bonchev–Trinajstić information content (AvgIpc) is 3.14. The van der Waals surface area contributed by atoms with Crippen molar-refractivity contribution in [3.8, 4) is 0 Å². The molecule has 0 bridgehead atoms. The van der Waals surface area contributed by atoms with Crippen LogP contribution in [-0.2, 0) is 11.3 Å². The van der Waals surface area contributed by atoms with Gasteiger partial charge in [-0.25, -0.2) is 4.79 Å². The normalized spacial score (nSPS) is 24.2. The molecule has 1 saturated carbocycles. The SMILES string of the molecule is C=CC.CN(Cc1ccccc1)C1CC2CN(C(=O)OC(C)(C)C)CC2C1. The van der Waals surface area contributed by atoms with Crippen molar-refractivity contribution in [1.29, 1.82) is 0 Å². The van der Waals surface area contributed by atoms with Crippen molar-refractivity contribution in [2.45, 2.75) is 58.7 Å². The molecular weight excluding hydrogens is 336 g/mol. The summed E-state index contributed by atoms with van der Waals surface area (Å²) in [5.74, 6) is 1.25. The Balaban J connectivity index is 0.000000817. The molecule has 1 amide bonds. The molecule has 1 aromatic rings. The van der Waals surface area contributed by atoms with E-state index in [1.807, 2.05) is 32.6 Å². The Kier molecular flexibility index (Phi) is 7.49. The van der Waals surface area contributed by atoms with Gasteiger partial charge in [-0.2, -0.15) is 0 Å². The zero-order valence-electron chi connectivity index (χ0n) is 17.6. The molecule has 3 rings (SSSR count). The van der Waals surface area contributed by atoms with Crippen LogP contribution in [0.2, 0.25) is 0 Å². The van der Waals surface area contributed by atoms with Gasteiger partial charge in [0, 0.05) is 25.7 Å². The van der Waals surface area contributed by atoms with E-state index in [9.17, 15) is 4.79 Å². The van der Waals surface area contributed by atoms with Gasteiger partial charge >= 0.3 is 6.09 Å². The standard InChI is InChI=1S/C20H30N2O2.C3H6/c1-20(2,3)24-19(23)22-13-16-10-18(11-17(16)14-22)21(4)12-15-8-6-5-7-9-15;1-3-2/h5-9,16-18H,10-14H2,1-4H3;3H,1H2,2H3. The molecule has 1 aliphatic carbocycles. The maximum Gasteiger partial charge on any atom is 0.410 e. The summed E-state index contributed by atoms with van der Waals surface area (Å²) in [7, 11) is 2.23. The first-order valence-electron chi connectivity index (χ1n) is 10.0. The summed E-state index contributed by atoms with van der Waals surface area (Å²) >= 11 is 0. The lowest BCUT2D eigenvalue weighted by molar-refractivity contribution is 0.0275. The van der Waals surface area contributed by atoms with Crippen molar-refractivity contribution in [2.75, 3.05) is 20.1 Å². The molecule has 1 aromatic carbocycles. The van der Waals surface area contributed by atoms with Crippen LogP contribution in [0.5, 0.6) is 0 Å². The number of allylic oxidation sites excluding steroid dienone is 1. The monoisotopic (exact) mass is 372 g/mol. The largest absolute Gasteiger partial charge is 0.444 e. The molecule has 4 heteroatoms. The van der Waals surface area contributed by atoms with Crippen LogP contribution in [0.1, 0.15) is 46.1 Å². The molecule has 27 heavy (non-hydrogen) atoms. The van der Waals surface area contributed by atoms with Crippen molar-refractivity contribution in [3.63, 3.8) is 0 Å². The van der Waals surface area contributed by atoms with Crippen molar-refractivity contribution < 1.29 is 9.53 Å². The highest BCUT2D eigenvalue weighted by Crippen LogP contribution is 2.40. The van der Waals surface area contributed by atoms with Gasteiger partial charge in [0.15, 0.2) is 0 Å². The van der Waals surface area contributed by atoms with Gasteiger partial charge in [0.2, 0.25) is 0 Å². The Morgan fingerprint density at radius 1 is 1.22 bits per heavy atom. The van der Waals surface area contributed by atoms with Crippen LogP contribution in [0.25, 0.3) is 0 Å². The number of hydrogen-bond donors (Lipinski definition) is 0. The number of nitrogens with zero attached hydrogens (tertiary/aromatic N) is 2. The number of carbonyl (C=O) groups excluding carboxylic acids is 1. The van der Waals surface area contributed by atoms with Crippen LogP contribution in [0.15, 0.2) is 43.0 Å². The Morgan fingerprint density at radius 3 is 2.22 bits per heavy atom. The molecule has 2 aliphatic rings. The Hall–Kier alpha value is -1.81. The third-order valence-corrected chi connectivity index (χ3v) is 5.28. The van der Waals surface area contributed by atoms with E-state index in [2.05, 4.69) is 48.9 Å². The topological polar surface area (TPSA) is 32.8 Å². The molecule has 1 aliphatic heterocycles. The summed E-state index contributed by atoms with van der Waals surface area (Å²) in [5, 5.41) is 0. The minimum absolute atomic E-state index is 0.147. The quantitative estimate of drug-likeness (QED) is 0.703. The lowest BCUT2D eigenvalue weighted by Gasteiger charge is -2.28. The molecule has 2 atom stereocenters. The fraction of sp³-hybridized carbons (Fsp3) is 0.609. The van der Waals surface area contributed by atoms with Gasteiger partial charge in [-0.1, -0.05) is 36.4 Å². The maximum atomic E-state index is 12.2. The molecule has 1 saturated heterocycles. The van der Waals surface area contributed by atoms with Crippen molar-refractivity contribution in [1.82, 2.24) is 9.80 Å². The summed E-state index contributed by atoms with van der Waals surface area (Å²) in [6.45, 7) is 13.7. The summed E-state index contributed by atoms with van der Waals surface area (Å²) in [4.78, 5) is 16.6. The second-order valence-electron chi connectivity index (χ2n) is 8.84. The fourth-order valence-electron chi connectivity index (χ4n) is 4.10. The van der Waals surface area contributed by atoms with Gasteiger partial charge in [0.25, 0.3) is 0 Å². The van der Waals surface area contributed by atoms with Gasteiger partial charge < -0.3 is 9.64 Å². The Morgan fingerprint density at radius 2 is 1.74 bits per heavy atom. The smallest absolute Gasteiger partial charge is 0.410 e. The number of hydrogen-bond acceptors (Lipinski definition) is 3. The molecule has 1 heterocycles. The number of ether oxygens (including phenoxy) is 1. The fourth-order valence-corrected chi connectivity index (χ4v) is 4.10. The number of rotatable bonds is 3. The second kappa shape index (κ2) is 9.41. The highest BCUT2D eigenvalue weighted by molar-refractivity contribution is 5.68. The molecule has 0 spiro atoms. The van der Waals surface area contributed by atoms with Gasteiger partial charge in [-0.15, -0.1) is 6.58 Å². The highest BCUT2D eigenvalue weighted by Gasteiger charge is 2.44. The molecule has 0 radical (unpaired) electrons. The lowest BCUT2D eigenvalue weighted by Crippen LogP contribution is -2.37. The predicted molar refractivity (Wildman–Crippen MR) is 112 cm³/mol. The van der Waals surface area contributed by atoms with Crippen LogP contribution in [-0.4, -0.2) is 47.7 Å². The van der Waals surface area contributed by atoms with E-state index in [4.69, 9.17) is 4.74 Å². The van der Waals surface area contributed by atoms with Crippen molar-refractivity contribution >= 4 is 6.09 Å². The van der Waals surface area contributed by atoms with E-state index >= 15 is 0 Å². The first kappa shape index (κ1) is 21.5. The van der Waals surface area contributed by atoms with Gasteiger partial charge in [0.1, 0.15) is 5.60 Å². The van der Waals surface area contributed by atoms with Gasteiger partial charge in [-0.05, 0) is 65.0 Å². The Labute approximate surface area is 165 Å². The van der Waals surface area contributed by atoms with E-state index in [0.717, 1.165) is 19.6 Å². The average molecular weight is 373 g/mol. The Bertz CT molecular complexity index is 595. The third-order valence-electron chi connectivity index (χ3n) is 5.28. The third kappa shape index (κ3) is 6.39. The number of likely N-dealkylation sites (tertiary alicyclic amines) is 1. The predicted octanol–water partition coefficient (Wildman–Crippen LogP) is 4.96. The number of fused-ring (bicyclic) bond motifs is 1. The first-order valence-corrected chi connectivity index (χ1v) is 10.0. The zero-order chi connectivity index (χ0) is 20.0. The maximum absolute atomic E-state index is 12.2. The number of benzene rings is 1. The van der Waals surface area contributed by atoms with Crippen LogP contribution >= 0.6 is 0 Å². The van der Waals surface area contributed by atoms with Crippen molar-refractivity contribution in [3.05, 3.63) is 48.6 Å². The number of carbonyl (C=O) groups is 1. The van der Waals surface area contributed by atoms with Crippen LogP contribution in [0.3, 0.4) is 0 Å². The van der Waals surface area contributed by atoms with E-state index < -0.39 is 5.60 Å². The minimum atomic E-state index is -0.410. The highest BCUT2D eigenvalue weighted by atomic mass is 16.6. The molecule has 150 valence electrons. The molecule has 4 nitrogen and oxygen atoms in total. The molecular formula is C23H36N2O2. The van der Waals surface area contributed by atoms with E-state index in [0.29, 0.717) is 17.9 Å². The number of amides is 1. The van der Waals surface area contributed by atoms with Crippen LogP contribution < -0.4 is 0 Å². The summed E-state index contributed by atoms with van der Waals surface area (Å²) in [6, 6.07) is 11.3. The molecule has 0 aromatic heterocycles. The van der Waals surface area contributed by atoms with Crippen LogP contribution in [0.4, 0.5) is 4.79 Å². The minimum Gasteiger partial charge on any atom is -0.444 e. The van der Waals surface area contributed by atoms with E-state index in [1.54, 1.807) is 6.08 Å². The summed E-state index contributed by atoms with van der Waals surface area (Å²) < 4.78 is 5.52. The molecule has 0 N–H and O–H groups in total. The van der Waals surface area contributed by atoms with Crippen LogP contribution in [0, 0.1) is 11.8 Å². The van der Waals surface area contributed by atoms with Crippen molar-refractivity contribution in [2.24, 2.45) is 11.8 Å². The lowest BCUT2D eigenvalue weighted by atomic mass is 10.0. The second-order valence-corrected chi connectivity index (χ2v) is 8.84. The van der Waals surface area contributed by atoms with E-state index in [-0.39, 0.29) is 6.09 Å². The first-order chi connectivity index (χ1) is 12.7. The van der Waals surface area contributed by atoms with E-state index in [1.165, 1.54) is 18.4 Å². The summed E-state index contributed by atoms with van der Waals surface area (Å²) in [6.07, 6.45) is 3.98.